The molecule has 1 aromatic rings. The third-order valence-corrected chi connectivity index (χ3v) is 4.64. The molecule has 0 aliphatic carbocycles. The lowest BCUT2D eigenvalue weighted by Gasteiger charge is -2.32. The zero-order valence-corrected chi connectivity index (χ0v) is 13.7. The van der Waals surface area contributed by atoms with Crippen LogP contribution in [0.1, 0.15) is 35.7 Å². The van der Waals surface area contributed by atoms with E-state index in [1.807, 2.05) is 11.8 Å². The van der Waals surface area contributed by atoms with Gasteiger partial charge in [-0.1, -0.05) is 6.07 Å². The van der Waals surface area contributed by atoms with Crippen molar-refractivity contribution in [3.05, 3.63) is 29.3 Å². The van der Waals surface area contributed by atoms with E-state index in [4.69, 9.17) is 14.7 Å². The first-order chi connectivity index (χ1) is 11.6. The molecule has 0 saturated carbocycles. The Bertz CT molecular complexity index is 627. The molecule has 1 atom stereocenters. The van der Waals surface area contributed by atoms with E-state index in [1.54, 1.807) is 23.7 Å². The standard InChI is InChI=1S/C17H22N2O5/c1-11-10-24-15-8-13(16(20)18-22)2-3-14(15)9-19(11)17(21)12-4-6-23-7-5-12/h2-3,8,11-12,22H,4-7,9-10H2,1H3,(H,18,20)/t11-/m0/s1. The highest BCUT2D eigenvalue weighted by Crippen LogP contribution is 2.29. The van der Waals surface area contributed by atoms with E-state index in [0.717, 1.165) is 18.4 Å². The summed E-state index contributed by atoms with van der Waals surface area (Å²) in [6, 6.07) is 4.92. The summed E-state index contributed by atoms with van der Waals surface area (Å²) in [6.45, 7) is 4.04. The number of carbonyl (C=O) groups is 2. The Balaban J connectivity index is 1.81. The van der Waals surface area contributed by atoms with Crippen molar-refractivity contribution < 1.29 is 24.3 Å². The molecule has 2 amide bonds. The summed E-state index contributed by atoms with van der Waals surface area (Å²) in [4.78, 5) is 26.3. The van der Waals surface area contributed by atoms with E-state index in [9.17, 15) is 9.59 Å². The molecule has 0 spiro atoms. The summed E-state index contributed by atoms with van der Waals surface area (Å²) in [5.74, 6) is 0.126. The summed E-state index contributed by atoms with van der Waals surface area (Å²) in [6.07, 6.45) is 1.51. The van der Waals surface area contributed by atoms with Gasteiger partial charge in [-0.3, -0.25) is 14.8 Å². The van der Waals surface area contributed by atoms with Crippen molar-refractivity contribution in [2.24, 2.45) is 5.92 Å². The molecule has 130 valence electrons. The average Bonchev–Trinajstić information content (AvgIpc) is 2.80. The van der Waals surface area contributed by atoms with Crippen molar-refractivity contribution in [3.8, 4) is 5.75 Å². The molecule has 1 fully saturated rings. The Hall–Kier alpha value is -2.12. The van der Waals surface area contributed by atoms with Crippen LogP contribution in [0.25, 0.3) is 0 Å². The number of benzene rings is 1. The van der Waals surface area contributed by atoms with Gasteiger partial charge in [0.25, 0.3) is 5.91 Å². The summed E-state index contributed by atoms with van der Waals surface area (Å²) in [5, 5.41) is 8.75. The van der Waals surface area contributed by atoms with Crippen LogP contribution < -0.4 is 10.2 Å². The van der Waals surface area contributed by atoms with Gasteiger partial charge in [-0.05, 0) is 31.9 Å². The van der Waals surface area contributed by atoms with Gasteiger partial charge in [-0.2, -0.15) is 0 Å². The van der Waals surface area contributed by atoms with Gasteiger partial charge in [-0.25, -0.2) is 5.48 Å². The highest BCUT2D eigenvalue weighted by atomic mass is 16.5. The molecule has 0 bridgehead atoms. The Morgan fingerprint density at radius 3 is 2.75 bits per heavy atom. The fraction of sp³-hybridized carbons (Fsp3) is 0.529. The fourth-order valence-electron chi connectivity index (χ4n) is 3.14. The number of ether oxygens (including phenoxy) is 2. The minimum absolute atomic E-state index is 0.00203. The third-order valence-electron chi connectivity index (χ3n) is 4.64. The fourth-order valence-corrected chi connectivity index (χ4v) is 3.14. The second-order valence-corrected chi connectivity index (χ2v) is 6.28. The monoisotopic (exact) mass is 334 g/mol. The van der Waals surface area contributed by atoms with Crippen molar-refractivity contribution in [1.82, 2.24) is 10.4 Å². The van der Waals surface area contributed by atoms with Crippen LogP contribution >= 0.6 is 0 Å². The molecule has 0 unspecified atom stereocenters. The van der Waals surface area contributed by atoms with Crippen LogP contribution in [0.2, 0.25) is 0 Å². The van der Waals surface area contributed by atoms with Gasteiger partial charge >= 0.3 is 0 Å². The van der Waals surface area contributed by atoms with E-state index in [2.05, 4.69) is 0 Å². The van der Waals surface area contributed by atoms with Gasteiger partial charge in [0.1, 0.15) is 12.4 Å². The van der Waals surface area contributed by atoms with Crippen LogP contribution in [0.15, 0.2) is 18.2 Å². The molecule has 0 aromatic heterocycles. The largest absolute Gasteiger partial charge is 0.491 e. The average molecular weight is 334 g/mol. The summed E-state index contributed by atoms with van der Waals surface area (Å²) in [5.41, 5.74) is 2.78. The minimum Gasteiger partial charge on any atom is -0.491 e. The second kappa shape index (κ2) is 7.19. The molecule has 0 radical (unpaired) electrons. The van der Waals surface area contributed by atoms with Gasteiger partial charge in [0.15, 0.2) is 0 Å². The number of rotatable bonds is 2. The Morgan fingerprint density at radius 2 is 2.04 bits per heavy atom. The summed E-state index contributed by atoms with van der Waals surface area (Å²) < 4.78 is 11.1. The van der Waals surface area contributed by atoms with Gasteiger partial charge in [0, 0.05) is 36.8 Å². The normalized spacial score (nSPS) is 21.4. The van der Waals surface area contributed by atoms with Gasteiger partial charge in [0.2, 0.25) is 5.91 Å². The van der Waals surface area contributed by atoms with Crippen molar-refractivity contribution in [2.75, 3.05) is 19.8 Å². The first kappa shape index (κ1) is 16.7. The third kappa shape index (κ3) is 3.37. The van der Waals surface area contributed by atoms with Gasteiger partial charge in [0.05, 0.1) is 6.04 Å². The molecule has 2 aliphatic rings. The van der Waals surface area contributed by atoms with Gasteiger partial charge in [-0.15, -0.1) is 0 Å². The Morgan fingerprint density at radius 1 is 1.29 bits per heavy atom. The van der Waals surface area contributed by atoms with E-state index >= 15 is 0 Å². The zero-order valence-electron chi connectivity index (χ0n) is 13.7. The number of fused-ring (bicyclic) bond motifs is 1. The number of amides is 2. The van der Waals surface area contributed by atoms with E-state index in [1.165, 1.54) is 0 Å². The van der Waals surface area contributed by atoms with Crippen molar-refractivity contribution in [1.29, 1.82) is 0 Å². The molecular weight excluding hydrogens is 312 g/mol. The maximum Gasteiger partial charge on any atom is 0.274 e. The number of hydroxylamine groups is 1. The summed E-state index contributed by atoms with van der Waals surface area (Å²) >= 11 is 0. The molecule has 2 N–H and O–H groups in total. The maximum atomic E-state index is 12.9. The number of carbonyl (C=O) groups excluding carboxylic acids is 2. The van der Waals surface area contributed by atoms with Gasteiger partial charge < -0.3 is 14.4 Å². The molecule has 3 rings (SSSR count). The predicted molar refractivity (Wildman–Crippen MR) is 84.7 cm³/mol. The second-order valence-electron chi connectivity index (χ2n) is 6.28. The number of nitrogens with zero attached hydrogens (tertiary/aromatic N) is 1. The predicted octanol–water partition coefficient (Wildman–Crippen LogP) is 1.34. The van der Waals surface area contributed by atoms with E-state index in [-0.39, 0.29) is 17.9 Å². The van der Waals surface area contributed by atoms with E-state index < -0.39 is 5.91 Å². The highest BCUT2D eigenvalue weighted by Gasteiger charge is 2.31. The lowest BCUT2D eigenvalue weighted by atomic mass is 9.97. The highest BCUT2D eigenvalue weighted by molar-refractivity contribution is 5.93. The number of nitrogens with one attached hydrogen (secondary N) is 1. The minimum atomic E-state index is -0.589. The molecule has 7 nitrogen and oxygen atoms in total. The Kier molecular flexibility index (Phi) is 5.01. The number of hydrogen-bond donors (Lipinski definition) is 2. The molecule has 1 saturated heterocycles. The van der Waals surface area contributed by atoms with Crippen LogP contribution in [0.3, 0.4) is 0 Å². The van der Waals surface area contributed by atoms with Crippen molar-refractivity contribution >= 4 is 11.8 Å². The lowest BCUT2D eigenvalue weighted by Crippen LogP contribution is -2.44. The topological polar surface area (TPSA) is 88.1 Å². The maximum absolute atomic E-state index is 12.9. The number of hydrogen-bond acceptors (Lipinski definition) is 5. The van der Waals surface area contributed by atoms with Crippen molar-refractivity contribution in [2.45, 2.75) is 32.4 Å². The molecule has 2 aliphatic heterocycles. The SMILES string of the molecule is C[C@H]1COc2cc(C(=O)NO)ccc2CN1C(=O)C1CCOCC1. The summed E-state index contributed by atoms with van der Waals surface area (Å²) in [7, 11) is 0. The van der Waals surface area contributed by atoms with Crippen LogP contribution in [0.4, 0.5) is 0 Å². The molecule has 1 aromatic carbocycles. The quantitative estimate of drug-likeness (QED) is 0.629. The molecule has 2 heterocycles. The lowest BCUT2D eigenvalue weighted by molar-refractivity contribution is -0.141. The van der Waals surface area contributed by atoms with E-state index in [0.29, 0.717) is 37.7 Å². The van der Waals surface area contributed by atoms with Crippen LogP contribution in [-0.4, -0.2) is 47.8 Å². The Labute approximate surface area is 140 Å². The van der Waals surface area contributed by atoms with Crippen LogP contribution in [-0.2, 0) is 16.1 Å². The molecule has 24 heavy (non-hydrogen) atoms. The first-order valence-corrected chi connectivity index (χ1v) is 8.18. The molecular formula is C17H22N2O5. The van der Waals surface area contributed by atoms with Crippen LogP contribution in [0.5, 0.6) is 5.75 Å². The van der Waals surface area contributed by atoms with Crippen LogP contribution in [0, 0.1) is 5.92 Å². The molecule has 7 heteroatoms. The smallest absolute Gasteiger partial charge is 0.274 e. The first-order valence-electron chi connectivity index (χ1n) is 8.18. The zero-order chi connectivity index (χ0) is 17.1. The van der Waals surface area contributed by atoms with Crippen molar-refractivity contribution in [3.63, 3.8) is 0 Å².